The molecule has 2 aromatic rings. The van der Waals surface area contributed by atoms with Gasteiger partial charge in [0.25, 0.3) is 5.91 Å². The van der Waals surface area contributed by atoms with Crippen molar-refractivity contribution in [3.63, 3.8) is 0 Å². The zero-order valence-electron chi connectivity index (χ0n) is 17.0. The summed E-state index contributed by atoms with van der Waals surface area (Å²) in [7, 11) is 0. The van der Waals surface area contributed by atoms with Crippen LogP contribution in [0.3, 0.4) is 0 Å². The van der Waals surface area contributed by atoms with Crippen LogP contribution in [0.1, 0.15) is 29.9 Å². The Morgan fingerprint density at radius 2 is 1.94 bits per heavy atom. The van der Waals surface area contributed by atoms with Crippen LogP contribution in [0.4, 0.5) is 18.9 Å². The van der Waals surface area contributed by atoms with E-state index in [1.165, 1.54) is 6.20 Å². The van der Waals surface area contributed by atoms with Crippen LogP contribution in [0.15, 0.2) is 18.3 Å². The largest absolute Gasteiger partial charge is 0.376 e. The summed E-state index contributed by atoms with van der Waals surface area (Å²) in [5.74, 6) is -4.87. The fourth-order valence-electron chi connectivity index (χ4n) is 3.68. The maximum absolute atomic E-state index is 13.4. The smallest absolute Gasteiger partial charge is 0.255 e. The first kappa shape index (κ1) is 21.2. The lowest BCUT2D eigenvalue weighted by Gasteiger charge is -2.39. The van der Waals surface area contributed by atoms with E-state index >= 15 is 0 Å². The molecule has 1 fully saturated rings. The van der Waals surface area contributed by atoms with E-state index in [0.717, 1.165) is 12.1 Å². The molecule has 31 heavy (non-hydrogen) atoms. The normalized spacial score (nSPS) is 19.4. The number of nitrogens with zero attached hydrogens (tertiary/aromatic N) is 3. The Morgan fingerprint density at radius 3 is 2.55 bits per heavy atom. The molecular weight excluding hydrogens is 415 g/mol. The Kier molecular flexibility index (Phi) is 5.38. The third kappa shape index (κ3) is 4.09. The molecule has 0 saturated carbocycles. The van der Waals surface area contributed by atoms with E-state index in [1.54, 1.807) is 9.58 Å². The minimum Gasteiger partial charge on any atom is -0.376 e. The van der Waals surface area contributed by atoms with E-state index < -0.39 is 23.0 Å². The van der Waals surface area contributed by atoms with E-state index in [2.05, 4.69) is 15.7 Å². The quantitative estimate of drug-likeness (QED) is 0.695. The average Bonchev–Trinajstić information content (AvgIpc) is 3.11. The molecule has 1 aromatic heterocycles. The molecule has 0 bridgehead atoms. The van der Waals surface area contributed by atoms with Gasteiger partial charge in [0.15, 0.2) is 17.5 Å². The zero-order valence-corrected chi connectivity index (χ0v) is 17.0. The summed E-state index contributed by atoms with van der Waals surface area (Å²) >= 11 is 0. The maximum atomic E-state index is 13.4. The lowest BCUT2D eigenvalue weighted by atomic mass is 10.00. The molecule has 0 unspecified atom stereocenters. The highest BCUT2D eigenvalue weighted by Gasteiger charge is 2.37. The van der Waals surface area contributed by atoms with Crippen LogP contribution in [0.2, 0.25) is 0 Å². The lowest BCUT2D eigenvalue weighted by Crippen LogP contribution is -2.60. The van der Waals surface area contributed by atoms with Gasteiger partial charge in [-0.05, 0) is 13.8 Å². The Labute approximate surface area is 176 Å². The predicted molar refractivity (Wildman–Crippen MR) is 104 cm³/mol. The molecule has 2 aliphatic rings. The third-order valence-corrected chi connectivity index (χ3v) is 5.49. The Morgan fingerprint density at radius 1 is 1.26 bits per heavy atom. The fraction of sp³-hybridized carbons (Fsp3) is 0.450. The number of carbonyl (C=O) groups excluding carboxylic acids is 2. The third-order valence-electron chi connectivity index (χ3n) is 5.49. The summed E-state index contributed by atoms with van der Waals surface area (Å²) in [6.45, 7) is 4.89. The van der Waals surface area contributed by atoms with Gasteiger partial charge in [0.05, 0.1) is 55.8 Å². The minimum atomic E-state index is -1.57. The highest BCUT2D eigenvalue weighted by atomic mass is 19.2. The van der Waals surface area contributed by atoms with Crippen molar-refractivity contribution in [3.8, 4) is 0 Å². The first-order chi connectivity index (χ1) is 14.7. The molecule has 11 heteroatoms. The molecule has 2 aliphatic heterocycles. The van der Waals surface area contributed by atoms with E-state index in [1.807, 2.05) is 13.8 Å². The van der Waals surface area contributed by atoms with Gasteiger partial charge in [-0.2, -0.15) is 5.10 Å². The summed E-state index contributed by atoms with van der Waals surface area (Å²) in [5.41, 5.74) is 0.517. The first-order valence-electron chi connectivity index (χ1n) is 9.80. The number of carbonyl (C=O) groups is 2. The summed E-state index contributed by atoms with van der Waals surface area (Å²) in [6.07, 6.45) is 1.48. The molecule has 1 aromatic carbocycles. The molecule has 4 rings (SSSR count). The van der Waals surface area contributed by atoms with Gasteiger partial charge in [-0.3, -0.25) is 14.3 Å². The van der Waals surface area contributed by atoms with Crippen molar-refractivity contribution in [2.45, 2.75) is 38.5 Å². The van der Waals surface area contributed by atoms with Gasteiger partial charge < -0.3 is 20.3 Å². The van der Waals surface area contributed by atoms with Crippen molar-refractivity contribution in [2.75, 3.05) is 25.1 Å². The van der Waals surface area contributed by atoms with Gasteiger partial charge in [0.2, 0.25) is 5.91 Å². The number of aromatic nitrogens is 2. The molecule has 166 valence electrons. The van der Waals surface area contributed by atoms with Gasteiger partial charge in [-0.1, -0.05) is 0 Å². The molecule has 1 atom stereocenters. The van der Waals surface area contributed by atoms with Crippen LogP contribution in [0.25, 0.3) is 0 Å². The van der Waals surface area contributed by atoms with Gasteiger partial charge in [0.1, 0.15) is 0 Å². The summed E-state index contributed by atoms with van der Waals surface area (Å²) in [5, 5.41) is 9.82. The number of anilines is 1. The number of fused-ring (bicyclic) bond motifs is 1. The number of benzene rings is 1. The topological polar surface area (TPSA) is 88.5 Å². The molecule has 2 amide bonds. The van der Waals surface area contributed by atoms with E-state index in [0.29, 0.717) is 31.0 Å². The number of rotatable bonds is 5. The van der Waals surface area contributed by atoms with Crippen LogP contribution in [-0.4, -0.2) is 57.8 Å². The zero-order chi connectivity index (χ0) is 22.3. The number of hydrogen-bond acceptors (Lipinski definition) is 5. The molecule has 0 radical (unpaired) electrons. The van der Waals surface area contributed by atoms with Gasteiger partial charge in [0, 0.05) is 23.9 Å². The van der Waals surface area contributed by atoms with Crippen LogP contribution in [0.5, 0.6) is 0 Å². The average molecular weight is 437 g/mol. The Hall–Kier alpha value is -3.08. The molecule has 3 heterocycles. The summed E-state index contributed by atoms with van der Waals surface area (Å²) in [4.78, 5) is 27.0. The van der Waals surface area contributed by atoms with Crippen molar-refractivity contribution < 1.29 is 27.5 Å². The molecule has 0 spiro atoms. The van der Waals surface area contributed by atoms with Crippen molar-refractivity contribution in [2.24, 2.45) is 0 Å². The van der Waals surface area contributed by atoms with E-state index in [9.17, 15) is 22.8 Å². The Balaban J connectivity index is 1.45. The highest BCUT2D eigenvalue weighted by molar-refractivity contribution is 5.96. The van der Waals surface area contributed by atoms with Crippen molar-refractivity contribution in [1.29, 1.82) is 0 Å². The van der Waals surface area contributed by atoms with Gasteiger partial charge in [-0.15, -0.1) is 0 Å². The molecular formula is C20H22F3N5O3. The van der Waals surface area contributed by atoms with Crippen LogP contribution >= 0.6 is 0 Å². The fourth-order valence-corrected chi connectivity index (χ4v) is 3.68. The molecule has 8 nitrogen and oxygen atoms in total. The van der Waals surface area contributed by atoms with Crippen molar-refractivity contribution >= 4 is 17.5 Å². The van der Waals surface area contributed by atoms with Gasteiger partial charge in [-0.25, -0.2) is 13.2 Å². The number of halogens is 3. The lowest BCUT2D eigenvalue weighted by molar-refractivity contribution is -0.133. The van der Waals surface area contributed by atoms with Crippen molar-refractivity contribution in [1.82, 2.24) is 20.0 Å². The predicted octanol–water partition coefficient (Wildman–Crippen LogP) is 1.66. The summed E-state index contributed by atoms with van der Waals surface area (Å²) < 4.78 is 46.7. The van der Waals surface area contributed by atoms with Crippen LogP contribution < -0.4 is 10.6 Å². The SMILES string of the molecule is C[C@H]1Cn2ncc(C(=O)NC3(C)COC3)c2CN1C(=O)CNc1cc(F)c(F)c(F)c1. The number of ether oxygens (including phenoxy) is 1. The number of amides is 2. The number of nitrogens with one attached hydrogen (secondary N) is 2. The number of hydrogen-bond donors (Lipinski definition) is 2. The van der Waals surface area contributed by atoms with Crippen LogP contribution in [-0.2, 0) is 22.6 Å². The molecule has 2 N–H and O–H groups in total. The Bertz CT molecular complexity index is 1010. The molecule has 0 aliphatic carbocycles. The van der Waals surface area contributed by atoms with Crippen LogP contribution in [0, 0.1) is 17.5 Å². The maximum Gasteiger partial charge on any atom is 0.255 e. The summed E-state index contributed by atoms with van der Waals surface area (Å²) in [6, 6.07) is 1.36. The molecule has 1 saturated heterocycles. The van der Waals surface area contributed by atoms with Crippen molar-refractivity contribution in [3.05, 3.63) is 47.0 Å². The van der Waals surface area contributed by atoms with E-state index in [-0.39, 0.29) is 36.6 Å². The highest BCUT2D eigenvalue weighted by Crippen LogP contribution is 2.23. The second-order valence-electron chi connectivity index (χ2n) is 8.17. The first-order valence-corrected chi connectivity index (χ1v) is 9.80. The second-order valence-corrected chi connectivity index (χ2v) is 8.17. The minimum absolute atomic E-state index is 0.0458. The standard InChI is InChI=1S/C20H22F3N5O3/c1-11-7-28-16(13(5-25-28)19(30)26-20(2)9-31-10-20)8-27(11)17(29)6-24-12-3-14(21)18(23)15(22)4-12/h3-5,11,24H,6-10H2,1-2H3,(H,26,30)/t11-/m0/s1. The van der Waals surface area contributed by atoms with Gasteiger partial charge >= 0.3 is 0 Å². The monoisotopic (exact) mass is 437 g/mol. The van der Waals surface area contributed by atoms with E-state index in [4.69, 9.17) is 4.74 Å². The second kappa shape index (κ2) is 7.88.